The normalized spacial score (nSPS) is 11.5. The van der Waals surface area contributed by atoms with Crippen LogP contribution >= 0.6 is 0 Å². The van der Waals surface area contributed by atoms with E-state index in [-0.39, 0.29) is 18.3 Å². The highest BCUT2D eigenvalue weighted by atomic mass is 16.6. The minimum absolute atomic E-state index is 0.0300. The lowest BCUT2D eigenvalue weighted by molar-refractivity contribution is -0.128. The zero-order valence-electron chi connectivity index (χ0n) is 12.4. The molecule has 0 spiro atoms. The van der Waals surface area contributed by atoms with Crippen LogP contribution in [0.5, 0.6) is 5.75 Å². The number of carbonyl (C=O) groups excluding carboxylic acids is 2. The average molecular weight is 303 g/mol. The third-order valence-corrected chi connectivity index (χ3v) is 2.89. The number of hydrogen-bond donors (Lipinski definition) is 1. The Morgan fingerprint density at radius 1 is 1.18 bits per heavy atom. The Bertz CT molecular complexity index is 635. The van der Waals surface area contributed by atoms with Crippen molar-refractivity contribution in [3.05, 3.63) is 54.0 Å². The van der Waals surface area contributed by atoms with Crippen LogP contribution in [-0.2, 0) is 16.1 Å². The van der Waals surface area contributed by atoms with Gasteiger partial charge in [0.2, 0.25) is 5.76 Å². The van der Waals surface area contributed by atoms with Gasteiger partial charge in [0.15, 0.2) is 6.10 Å². The van der Waals surface area contributed by atoms with E-state index in [1.165, 1.54) is 20.0 Å². The Morgan fingerprint density at radius 3 is 2.59 bits per heavy atom. The SMILES string of the molecule is CNC(=O)[C@@H](C)OC(=O)c1ccc(COc2ccccc2)o1. The van der Waals surface area contributed by atoms with Gasteiger partial charge in [0.05, 0.1) is 0 Å². The number of hydrogen-bond acceptors (Lipinski definition) is 5. The summed E-state index contributed by atoms with van der Waals surface area (Å²) >= 11 is 0. The molecule has 6 heteroatoms. The van der Waals surface area contributed by atoms with Crippen molar-refractivity contribution in [1.29, 1.82) is 0 Å². The van der Waals surface area contributed by atoms with E-state index in [0.717, 1.165) is 0 Å². The van der Waals surface area contributed by atoms with E-state index in [2.05, 4.69) is 5.32 Å². The van der Waals surface area contributed by atoms with Crippen LogP contribution in [0.1, 0.15) is 23.2 Å². The molecule has 0 saturated carbocycles. The van der Waals surface area contributed by atoms with Crippen molar-refractivity contribution in [2.75, 3.05) is 7.05 Å². The molecule has 0 saturated heterocycles. The van der Waals surface area contributed by atoms with E-state index in [1.54, 1.807) is 6.07 Å². The molecule has 2 rings (SSSR count). The summed E-state index contributed by atoms with van der Waals surface area (Å²) in [5.74, 6) is 0.150. The molecule has 1 aromatic heterocycles. The number of esters is 1. The summed E-state index contributed by atoms with van der Waals surface area (Å²) in [6.45, 7) is 1.68. The quantitative estimate of drug-likeness (QED) is 0.827. The summed E-state index contributed by atoms with van der Waals surface area (Å²) < 4.78 is 15.8. The van der Waals surface area contributed by atoms with Crippen LogP contribution in [0.2, 0.25) is 0 Å². The Balaban J connectivity index is 1.90. The third kappa shape index (κ3) is 4.12. The number of nitrogens with one attached hydrogen (secondary N) is 1. The summed E-state index contributed by atoms with van der Waals surface area (Å²) in [5.41, 5.74) is 0. The predicted octanol–water partition coefficient (Wildman–Crippen LogP) is 2.15. The molecule has 116 valence electrons. The van der Waals surface area contributed by atoms with Gasteiger partial charge in [-0.25, -0.2) is 4.79 Å². The van der Waals surface area contributed by atoms with E-state index >= 15 is 0 Å². The van der Waals surface area contributed by atoms with Crippen molar-refractivity contribution in [2.24, 2.45) is 0 Å². The lowest BCUT2D eigenvalue weighted by atomic mass is 10.3. The number of rotatable bonds is 6. The highest BCUT2D eigenvalue weighted by molar-refractivity contribution is 5.89. The molecular formula is C16H17NO5. The fourth-order valence-corrected chi connectivity index (χ4v) is 1.71. The number of amides is 1. The van der Waals surface area contributed by atoms with Gasteiger partial charge in [-0.1, -0.05) is 18.2 Å². The van der Waals surface area contributed by atoms with Crippen molar-refractivity contribution in [3.63, 3.8) is 0 Å². The monoisotopic (exact) mass is 303 g/mol. The van der Waals surface area contributed by atoms with Crippen molar-refractivity contribution < 1.29 is 23.5 Å². The maximum Gasteiger partial charge on any atom is 0.375 e. The van der Waals surface area contributed by atoms with Gasteiger partial charge in [0, 0.05) is 7.05 Å². The van der Waals surface area contributed by atoms with E-state index in [4.69, 9.17) is 13.9 Å². The topological polar surface area (TPSA) is 77.8 Å². The summed E-state index contributed by atoms with van der Waals surface area (Å²) in [6, 6.07) is 12.4. The predicted molar refractivity (Wildman–Crippen MR) is 78.4 cm³/mol. The smallest absolute Gasteiger partial charge is 0.375 e. The first-order valence-electron chi connectivity index (χ1n) is 6.79. The first kappa shape index (κ1) is 15.6. The van der Waals surface area contributed by atoms with Gasteiger partial charge >= 0.3 is 5.97 Å². The average Bonchev–Trinajstić information content (AvgIpc) is 3.02. The fraction of sp³-hybridized carbons (Fsp3) is 0.250. The summed E-state index contributed by atoms with van der Waals surface area (Å²) in [4.78, 5) is 23.1. The third-order valence-electron chi connectivity index (χ3n) is 2.89. The van der Waals surface area contributed by atoms with Gasteiger partial charge in [-0.2, -0.15) is 0 Å². The second kappa shape index (κ2) is 7.31. The molecule has 0 radical (unpaired) electrons. The van der Waals surface area contributed by atoms with Gasteiger partial charge in [-0.3, -0.25) is 4.79 Å². The van der Waals surface area contributed by atoms with Crippen LogP contribution in [0.3, 0.4) is 0 Å². The highest BCUT2D eigenvalue weighted by Crippen LogP contribution is 2.15. The number of carbonyl (C=O) groups is 2. The number of likely N-dealkylation sites (N-methyl/N-ethyl adjacent to an activating group) is 1. The minimum atomic E-state index is -0.883. The molecule has 0 bridgehead atoms. The van der Waals surface area contributed by atoms with Crippen LogP contribution in [0.25, 0.3) is 0 Å². The van der Waals surface area contributed by atoms with Crippen LogP contribution < -0.4 is 10.1 Å². The molecule has 1 amide bonds. The zero-order valence-corrected chi connectivity index (χ0v) is 12.4. The van der Waals surface area contributed by atoms with Gasteiger partial charge in [0.25, 0.3) is 5.91 Å². The first-order chi connectivity index (χ1) is 10.6. The molecule has 6 nitrogen and oxygen atoms in total. The van der Waals surface area contributed by atoms with Crippen LogP contribution in [0.4, 0.5) is 0 Å². The standard InChI is InChI=1S/C16H17NO5/c1-11(15(18)17-2)21-16(19)14-9-8-13(22-14)10-20-12-6-4-3-5-7-12/h3-9,11H,10H2,1-2H3,(H,17,18)/t11-/m1/s1. The van der Waals surface area contributed by atoms with E-state index in [9.17, 15) is 9.59 Å². The number of ether oxygens (including phenoxy) is 2. The maximum absolute atomic E-state index is 11.8. The van der Waals surface area contributed by atoms with Gasteiger partial charge in [0.1, 0.15) is 18.1 Å². The van der Waals surface area contributed by atoms with Crippen molar-refractivity contribution >= 4 is 11.9 Å². The largest absolute Gasteiger partial charge is 0.486 e. The molecule has 0 fully saturated rings. The van der Waals surface area contributed by atoms with Crippen molar-refractivity contribution in [1.82, 2.24) is 5.32 Å². The molecule has 2 aromatic rings. The molecule has 1 aromatic carbocycles. The maximum atomic E-state index is 11.8. The lowest BCUT2D eigenvalue weighted by Crippen LogP contribution is -2.33. The molecule has 1 heterocycles. The molecule has 0 unspecified atom stereocenters. The Hall–Kier alpha value is -2.76. The number of benzene rings is 1. The molecule has 0 aliphatic heterocycles. The van der Waals surface area contributed by atoms with Crippen LogP contribution in [-0.4, -0.2) is 25.0 Å². The molecule has 0 aliphatic rings. The van der Waals surface area contributed by atoms with Gasteiger partial charge < -0.3 is 19.2 Å². The zero-order chi connectivity index (χ0) is 15.9. The Kier molecular flexibility index (Phi) is 5.19. The molecular weight excluding hydrogens is 286 g/mol. The van der Waals surface area contributed by atoms with Crippen LogP contribution in [0, 0.1) is 0 Å². The van der Waals surface area contributed by atoms with Gasteiger partial charge in [-0.15, -0.1) is 0 Å². The van der Waals surface area contributed by atoms with Crippen LogP contribution in [0.15, 0.2) is 46.9 Å². The molecule has 1 atom stereocenters. The molecule has 22 heavy (non-hydrogen) atoms. The molecule has 0 aliphatic carbocycles. The fourth-order valence-electron chi connectivity index (χ4n) is 1.71. The highest BCUT2D eigenvalue weighted by Gasteiger charge is 2.20. The second-order valence-electron chi connectivity index (χ2n) is 4.53. The Morgan fingerprint density at radius 2 is 1.91 bits per heavy atom. The summed E-state index contributed by atoms with van der Waals surface area (Å²) in [5, 5.41) is 2.40. The Labute approximate surface area is 128 Å². The van der Waals surface area contributed by atoms with Gasteiger partial charge in [-0.05, 0) is 31.2 Å². The van der Waals surface area contributed by atoms with Crippen molar-refractivity contribution in [2.45, 2.75) is 19.6 Å². The lowest BCUT2D eigenvalue weighted by Gasteiger charge is -2.10. The van der Waals surface area contributed by atoms with E-state index in [1.807, 2.05) is 30.3 Å². The summed E-state index contributed by atoms with van der Waals surface area (Å²) in [6.07, 6.45) is -0.883. The summed E-state index contributed by atoms with van der Waals surface area (Å²) in [7, 11) is 1.47. The van der Waals surface area contributed by atoms with Crippen molar-refractivity contribution in [3.8, 4) is 5.75 Å². The van der Waals surface area contributed by atoms with E-state index < -0.39 is 12.1 Å². The first-order valence-corrected chi connectivity index (χ1v) is 6.79. The number of para-hydroxylation sites is 1. The minimum Gasteiger partial charge on any atom is -0.486 e. The molecule has 1 N–H and O–H groups in total. The second-order valence-corrected chi connectivity index (χ2v) is 4.53. The van der Waals surface area contributed by atoms with E-state index in [0.29, 0.717) is 11.5 Å². The number of furan rings is 1.